The Morgan fingerprint density at radius 3 is 2.68 bits per heavy atom. The van der Waals surface area contributed by atoms with Crippen LogP contribution in [-0.4, -0.2) is 16.6 Å². The van der Waals surface area contributed by atoms with E-state index in [0.29, 0.717) is 5.56 Å². The lowest BCUT2D eigenvalue weighted by Crippen LogP contribution is -2.45. The van der Waals surface area contributed by atoms with Crippen LogP contribution in [0, 0.1) is 0 Å². The molecule has 0 heterocycles. The van der Waals surface area contributed by atoms with E-state index in [0.717, 1.165) is 18.5 Å². The fourth-order valence-corrected chi connectivity index (χ4v) is 2.99. The molecule has 1 aromatic carbocycles. The van der Waals surface area contributed by atoms with E-state index in [1.54, 1.807) is 12.1 Å². The highest BCUT2D eigenvalue weighted by Crippen LogP contribution is 2.31. The molecule has 0 saturated heterocycles. The summed E-state index contributed by atoms with van der Waals surface area (Å²) in [4.78, 5) is 11.0. The van der Waals surface area contributed by atoms with Crippen LogP contribution in [0.4, 0.5) is 0 Å². The van der Waals surface area contributed by atoms with E-state index in [1.807, 2.05) is 12.1 Å². The fraction of sp³-hybridized carbons (Fsp3) is 0.562. The second-order valence-electron chi connectivity index (χ2n) is 5.55. The van der Waals surface area contributed by atoms with Gasteiger partial charge >= 0.3 is 5.97 Å². The standard InChI is InChI=1S/C16H23NO2/c1-2-16(9-4-3-5-10-16)17-12-13-7-6-8-14(11-13)15(18)19/h6-8,11,17H,2-5,9-10,12H2,1H3,(H,18,19). The van der Waals surface area contributed by atoms with Crippen molar-refractivity contribution in [1.82, 2.24) is 5.32 Å². The quantitative estimate of drug-likeness (QED) is 0.851. The molecule has 0 aliphatic heterocycles. The lowest BCUT2D eigenvalue weighted by Gasteiger charge is -2.37. The molecule has 3 heteroatoms. The van der Waals surface area contributed by atoms with Gasteiger partial charge in [-0.25, -0.2) is 4.79 Å². The van der Waals surface area contributed by atoms with Gasteiger partial charge in [-0.05, 0) is 37.0 Å². The summed E-state index contributed by atoms with van der Waals surface area (Å²) in [6.45, 7) is 3.00. The van der Waals surface area contributed by atoms with Gasteiger partial charge in [-0.15, -0.1) is 0 Å². The van der Waals surface area contributed by atoms with Crippen molar-refractivity contribution in [2.24, 2.45) is 0 Å². The average molecular weight is 261 g/mol. The first kappa shape index (κ1) is 14.1. The van der Waals surface area contributed by atoms with E-state index in [9.17, 15) is 4.79 Å². The third kappa shape index (κ3) is 3.57. The second-order valence-corrected chi connectivity index (χ2v) is 5.55. The number of aromatic carboxylic acids is 1. The molecule has 2 rings (SSSR count). The molecule has 0 bridgehead atoms. The molecule has 0 unspecified atom stereocenters. The highest BCUT2D eigenvalue weighted by atomic mass is 16.4. The molecule has 0 spiro atoms. The van der Waals surface area contributed by atoms with E-state index < -0.39 is 5.97 Å². The molecule has 0 atom stereocenters. The molecule has 2 N–H and O–H groups in total. The van der Waals surface area contributed by atoms with E-state index in [1.165, 1.54) is 32.1 Å². The van der Waals surface area contributed by atoms with Crippen molar-refractivity contribution >= 4 is 5.97 Å². The monoisotopic (exact) mass is 261 g/mol. The van der Waals surface area contributed by atoms with Gasteiger partial charge in [0.15, 0.2) is 0 Å². The van der Waals surface area contributed by atoms with Crippen LogP contribution in [-0.2, 0) is 6.54 Å². The summed E-state index contributed by atoms with van der Waals surface area (Å²) in [6.07, 6.45) is 7.57. The zero-order valence-electron chi connectivity index (χ0n) is 11.6. The van der Waals surface area contributed by atoms with E-state index in [-0.39, 0.29) is 5.54 Å². The van der Waals surface area contributed by atoms with Crippen LogP contribution in [0.2, 0.25) is 0 Å². The summed E-state index contributed by atoms with van der Waals surface area (Å²) in [5.41, 5.74) is 1.68. The van der Waals surface area contributed by atoms with Crippen molar-refractivity contribution in [3.8, 4) is 0 Å². The molecule has 0 radical (unpaired) electrons. The van der Waals surface area contributed by atoms with Gasteiger partial charge in [-0.3, -0.25) is 0 Å². The Morgan fingerprint density at radius 1 is 1.32 bits per heavy atom. The van der Waals surface area contributed by atoms with Crippen LogP contribution in [0.1, 0.15) is 61.4 Å². The SMILES string of the molecule is CCC1(NCc2cccc(C(=O)O)c2)CCCCC1. The zero-order chi connectivity index (χ0) is 13.7. The van der Waals surface area contributed by atoms with Gasteiger partial charge < -0.3 is 10.4 Å². The maximum absolute atomic E-state index is 11.0. The average Bonchev–Trinajstić information content (AvgIpc) is 2.46. The van der Waals surface area contributed by atoms with Crippen molar-refractivity contribution in [3.63, 3.8) is 0 Å². The van der Waals surface area contributed by atoms with Crippen LogP contribution in [0.3, 0.4) is 0 Å². The number of nitrogens with one attached hydrogen (secondary N) is 1. The predicted octanol–water partition coefficient (Wildman–Crippen LogP) is 3.59. The first-order chi connectivity index (χ1) is 9.15. The first-order valence-corrected chi connectivity index (χ1v) is 7.22. The molecule has 104 valence electrons. The van der Waals surface area contributed by atoms with Gasteiger partial charge in [0.2, 0.25) is 0 Å². The maximum Gasteiger partial charge on any atom is 0.335 e. The predicted molar refractivity (Wildman–Crippen MR) is 76.3 cm³/mol. The minimum atomic E-state index is -0.857. The number of hydrogen-bond acceptors (Lipinski definition) is 2. The fourth-order valence-electron chi connectivity index (χ4n) is 2.99. The van der Waals surface area contributed by atoms with Crippen LogP contribution in [0.15, 0.2) is 24.3 Å². The van der Waals surface area contributed by atoms with Crippen molar-refractivity contribution in [1.29, 1.82) is 0 Å². The normalized spacial score (nSPS) is 18.2. The van der Waals surface area contributed by atoms with Gasteiger partial charge in [0, 0.05) is 12.1 Å². The third-order valence-corrected chi connectivity index (χ3v) is 4.33. The van der Waals surface area contributed by atoms with Crippen molar-refractivity contribution in [2.45, 2.75) is 57.5 Å². The topological polar surface area (TPSA) is 49.3 Å². The van der Waals surface area contributed by atoms with Crippen molar-refractivity contribution < 1.29 is 9.90 Å². The highest BCUT2D eigenvalue weighted by Gasteiger charge is 2.29. The number of hydrogen-bond donors (Lipinski definition) is 2. The second kappa shape index (κ2) is 6.20. The van der Waals surface area contributed by atoms with Gasteiger partial charge in [0.05, 0.1) is 5.56 Å². The summed E-state index contributed by atoms with van der Waals surface area (Å²) in [5.74, 6) is -0.857. The van der Waals surface area contributed by atoms with Crippen molar-refractivity contribution in [3.05, 3.63) is 35.4 Å². The van der Waals surface area contributed by atoms with E-state index in [2.05, 4.69) is 12.2 Å². The molecular weight excluding hydrogens is 238 g/mol. The Bertz CT molecular complexity index is 436. The molecule has 1 saturated carbocycles. The third-order valence-electron chi connectivity index (χ3n) is 4.33. The number of benzene rings is 1. The summed E-state index contributed by atoms with van der Waals surface area (Å²) < 4.78 is 0. The number of carboxylic acid groups (broad SMARTS) is 1. The van der Waals surface area contributed by atoms with Gasteiger partial charge in [-0.1, -0.05) is 38.3 Å². The summed E-state index contributed by atoms with van der Waals surface area (Å²) in [7, 11) is 0. The number of carbonyl (C=O) groups is 1. The van der Waals surface area contributed by atoms with Crippen LogP contribution in [0.25, 0.3) is 0 Å². The molecule has 1 aliphatic rings. The van der Waals surface area contributed by atoms with Crippen LogP contribution >= 0.6 is 0 Å². The first-order valence-electron chi connectivity index (χ1n) is 7.22. The minimum absolute atomic E-state index is 0.261. The molecular formula is C16H23NO2. The molecule has 1 fully saturated rings. The number of rotatable bonds is 5. The Kier molecular flexibility index (Phi) is 4.59. The van der Waals surface area contributed by atoms with Gasteiger partial charge in [0.25, 0.3) is 0 Å². The zero-order valence-corrected chi connectivity index (χ0v) is 11.6. The molecule has 3 nitrogen and oxygen atoms in total. The van der Waals surface area contributed by atoms with E-state index >= 15 is 0 Å². The van der Waals surface area contributed by atoms with Crippen LogP contribution < -0.4 is 5.32 Å². The molecule has 1 aromatic rings. The van der Waals surface area contributed by atoms with Crippen LogP contribution in [0.5, 0.6) is 0 Å². The Morgan fingerprint density at radius 2 is 2.05 bits per heavy atom. The summed E-state index contributed by atoms with van der Waals surface area (Å²) in [5, 5.41) is 12.7. The summed E-state index contributed by atoms with van der Waals surface area (Å²) >= 11 is 0. The largest absolute Gasteiger partial charge is 0.478 e. The molecule has 0 amide bonds. The highest BCUT2D eigenvalue weighted by molar-refractivity contribution is 5.87. The number of carboxylic acids is 1. The van der Waals surface area contributed by atoms with E-state index in [4.69, 9.17) is 5.11 Å². The van der Waals surface area contributed by atoms with Gasteiger partial charge in [0.1, 0.15) is 0 Å². The lowest BCUT2D eigenvalue weighted by molar-refractivity contribution is 0.0696. The Hall–Kier alpha value is -1.35. The molecule has 1 aliphatic carbocycles. The lowest BCUT2D eigenvalue weighted by atomic mass is 9.79. The smallest absolute Gasteiger partial charge is 0.335 e. The Labute approximate surface area is 115 Å². The van der Waals surface area contributed by atoms with Gasteiger partial charge in [-0.2, -0.15) is 0 Å². The van der Waals surface area contributed by atoms with Crippen molar-refractivity contribution in [2.75, 3.05) is 0 Å². The molecule has 0 aromatic heterocycles. The summed E-state index contributed by atoms with van der Waals surface area (Å²) in [6, 6.07) is 7.22. The minimum Gasteiger partial charge on any atom is -0.478 e. The Balaban J connectivity index is 2.00. The molecule has 19 heavy (non-hydrogen) atoms. The maximum atomic E-state index is 11.0.